The minimum Gasteiger partial charge on any atom is -0.343 e. The molecule has 1 amide bonds. The van der Waals surface area contributed by atoms with Crippen LogP contribution in [0, 0.1) is 0 Å². The Morgan fingerprint density at radius 3 is 2.79 bits per heavy atom. The molecule has 102 valence electrons. The van der Waals surface area contributed by atoms with Gasteiger partial charge in [0, 0.05) is 6.20 Å². The van der Waals surface area contributed by atoms with Crippen molar-refractivity contribution < 1.29 is 22.4 Å². The van der Waals surface area contributed by atoms with Crippen LogP contribution in [0.4, 0.5) is 17.6 Å². The molecule has 0 radical (unpaired) electrons. The summed E-state index contributed by atoms with van der Waals surface area (Å²) in [5.41, 5.74) is 0.451. The van der Waals surface area contributed by atoms with Crippen LogP contribution in [-0.4, -0.2) is 32.9 Å². The molecule has 5 nitrogen and oxygen atoms in total. The molecule has 0 aromatic carbocycles. The smallest absolute Gasteiger partial charge is 0.343 e. The Bertz CT molecular complexity index is 598. The molecule has 0 bridgehead atoms. The van der Waals surface area contributed by atoms with Crippen molar-refractivity contribution in [1.29, 1.82) is 0 Å². The highest BCUT2D eigenvalue weighted by atomic mass is 19.3. The van der Waals surface area contributed by atoms with Crippen LogP contribution in [0.2, 0.25) is 0 Å². The number of rotatable bonds is 4. The van der Waals surface area contributed by atoms with Crippen molar-refractivity contribution in [2.45, 2.75) is 18.9 Å². The zero-order chi connectivity index (χ0) is 14.0. The molecular formula is C10H8F4N4O. The quantitative estimate of drug-likeness (QED) is 0.855. The molecule has 2 aromatic heterocycles. The van der Waals surface area contributed by atoms with Crippen LogP contribution in [0.15, 0.2) is 24.4 Å². The minimum absolute atomic E-state index is 0.161. The first-order chi connectivity index (χ1) is 8.93. The highest BCUT2D eigenvalue weighted by molar-refractivity contribution is 5.83. The second kappa shape index (κ2) is 4.82. The number of hydrogen-bond donors (Lipinski definition) is 1. The summed E-state index contributed by atoms with van der Waals surface area (Å²) in [6.45, 7) is -0.424. The van der Waals surface area contributed by atoms with Crippen LogP contribution in [0.25, 0.3) is 5.65 Å². The van der Waals surface area contributed by atoms with E-state index in [9.17, 15) is 22.4 Å². The lowest BCUT2D eigenvalue weighted by Crippen LogP contribution is -2.45. The Labute approximate surface area is 104 Å². The van der Waals surface area contributed by atoms with Gasteiger partial charge in [-0.3, -0.25) is 9.20 Å². The normalized spacial score (nSPS) is 12.1. The first kappa shape index (κ1) is 13.2. The molecule has 9 heteroatoms. The van der Waals surface area contributed by atoms with Crippen molar-refractivity contribution in [1.82, 2.24) is 19.9 Å². The Hall–Kier alpha value is -2.19. The van der Waals surface area contributed by atoms with E-state index in [-0.39, 0.29) is 5.82 Å². The van der Waals surface area contributed by atoms with E-state index in [1.54, 1.807) is 29.7 Å². The summed E-state index contributed by atoms with van der Waals surface area (Å²) < 4.78 is 50.7. The number of halogens is 4. The molecule has 2 heterocycles. The van der Waals surface area contributed by atoms with E-state index in [1.807, 2.05) is 0 Å². The van der Waals surface area contributed by atoms with Crippen molar-refractivity contribution in [2.24, 2.45) is 0 Å². The standard InChI is InChI=1S/C10H8F4N4O/c11-8(12)10(13,14)9(19)15-5-7-17-16-6-3-1-2-4-18(6)7/h1-4,8H,5H2,(H,15,19). The molecule has 0 spiro atoms. The Balaban J connectivity index is 2.09. The molecule has 2 aromatic rings. The second-order valence-electron chi connectivity index (χ2n) is 3.65. The number of fused-ring (bicyclic) bond motifs is 1. The van der Waals surface area contributed by atoms with E-state index in [4.69, 9.17) is 0 Å². The predicted molar refractivity (Wildman–Crippen MR) is 55.8 cm³/mol. The summed E-state index contributed by atoms with van der Waals surface area (Å²) in [4.78, 5) is 10.9. The highest BCUT2D eigenvalue weighted by Gasteiger charge is 2.48. The monoisotopic (exact) mass is 276 g/mol. The topological polar surface area (TPSA) is 59.3 Å². The summed E-state index contributed by atoms with van der Waals surface area (Å²) >= 11 is 0. The molecule has 19 heavy (non-hydrogen) atoms. The van der Waals surface area contributed by atoms with Crippen LogP contribution in [0.1, 0.15) is 5.82 Å². The van der Waals surface area contributed by atoms with Gasteiger partial charge in [0.1, 0.15) is 0 Å². The van der Waals surface area contributed by atoms with Crippen molar-refractivity contribution in [2.75, 3.05) is 0 Å². The van der Waals surface area contributed by atoms with Gasteiger partial charge in [-0.2, -0.15) is 8.78 Å². The maximum absolute atomic E-state index is 12.7. The number of pyridine rings is 1. The minimum atomic E-state index is -4.72. The first-order valence-electron chi connectivity index (χ1n) is 5.16. The number of carbonyl (C=O) groups is 1. The highest BCUT2D eigenvalue weighted by Crippen LogP contribution is 2.22. The maximum atomic E-state index is 12.7. The largest absolute Gasteiger partial charge is 0.383 e. The van der Waals surface area contributed by atoms with Gasteiger partial charge >= 0.3 is 12.3 Å². The molecule has 0 aliphatic carbocycles. The molecular weight excluding hydrogens is 268 g/mol. The lowest BCUT2D eigenvalue weighted by Gasteiger charge is -2.14. The van der Waals surface area contributed by atoms with Crippen molar-refractivity contribution in [3.05, 3.63) is 30.2 Å². The fourth-order valence-corrected chi connectivity index (χ4v) is 1.39. The SMILES string of the molecule is O=C(NCc1nnc2ccccn12)C(F)(F)C(F)F. The zero-order valence-electron chi connectivity index (χ0n) is 9.36. The van der Waals surface area contributed by atoms with Crippen LogP contribution in [-0.2, 0) is 11.3 Å². The van der Waals surface area contributed by atoms with Gasteiger partial charge in [0.05, 0.1) is 6.54 Å². The van der Waals surface area contributed by atoms with Gasteiger partial charge in [-0.05, 0) is 12.1 Å². The first-order valence-corrected chi connectivity index (χ1v) is 5.16. The van der Waals surface area contributed by atoms with Crippen LogP contribution in [0.5, 0.6) is 0 Å². The molecule has 0 saturated carbocycles. The predicted octanol–water partition coefficient (Wildman–Crippen LogP) is 1.25. The van der Waals surface area contributed by atoms with Crippen LogP contribution in [0.3, 0.4) is 0 Å². The third-order valence-corrected chi connectivity index (χ3v) is 2.37. The van der Waals surface area contributed by atoms with Crippen LogP contribution < -0.4 is 5.32 Å². The van der Waals surface area contributed by atoms with Crippen molar-refractivity contribution >= 4 is 11.6 Å². The number of nitrogens with zero attached hydrogens (tertiary/aromatic N) is 3. The summed E-state index contributed by atoms with van der Waals surface area (Å²) in [6, 6.07) is 4.96. The van der Waals surface area contributed by atoms with E-state index in [0.717, 1.165) is 0 Å². The molecule has 0 aliphatic rings. The van der Waals surface area contributed by atoms with Crippen LogP contribution >= 0.6 is 0 Å². The molecule has 0 atom stereocenters. The third-order valence-electron chi connectivity index (χ3n) is 2.37. The fraction of sp³-hybridized carbons (Fsp3) is 0.300. The van der Waals surface area contributed by atoms with E-state index < -0.39 is 24.8 Å². The Morgan fingerprint density at radius 1 is 1.37 bits per heavy atom. The van der Waals surface area contributed by atoms with Gasteiger partial charge < -0.3 is 5.32 Å². The summed E-state index contributed by atoms with van der Waals surface area (Å²) in [5, 5.41) is 9.09. The van der Waals surface area contributed by atoms with E-state index >= 15 is 0 Å². The van der Waals surface area contributed by atoms with Gasteiger partial charge in [-0.25, -0.2) is 8.78 Å². The summed E-state index contributed by atoms with van der Waals surface area (Å²) in [7, 11) is 0. The van der Waals surface area contributed by atoms with Crippen molar-refractivity contribution in [3.8, 4) is 0 Å². The number of nitrogens with one attached hydrogen (secondary N) is 1. The number of hydrogen-bond acceptors (Lipinski definition) is 3. The number of amides is 1. The lowest BCUT2D eigenvalue weighted by atomic mass is 10.3. The molecule has 0 saturated heterocycles. The van der Waals surface area contributed by atoms with E-state index in [1.165, 1.54) is 4.40 Å². The average molecular weight is 276 g/mol. The van der Waals surface area contributed by atoms with Gasteiger partial charge in [-0.1, -0.05) is 6.07 Å². The maximum Gasteiger partial charge on any atom is 0.383 e. The molecule has 0 unspecified atom stereocenters. The second-order valence-corrected chi connectivity index (χ2v) is 3.65. The number of carbonyl (C=O) groups excluding carboxylic acids is 1. The van der Waals surface area contributed by atoms with E-state index in [0.29, 0.717) is 5.65 Å². The number of alkyl halides is 4. The third kappa shape index (κ3) is 2.49. The van der Waals surface area contributed by atoms with Gasteiger partial charge in [0.15, 0.2) is 11.5 Å². The average Bonchev–Trinajstić information content (AvgIpc) is 2.79. The summed E-state index contributed by atoms with van der Waals surface area (Å²) in [6.07, 6.45) is -2.50. The van der Waals surface area contributed by atoms with Crippen molar-refractivity contribution in [3.63, 3.8) is 0 Å². The van der Waals surface area contributed by atoms with Gasteiger partial charge in [0.25, 0.3) is 5.91 Å². The number of aromatic nitrogens is 3. The molecule has 2 rings (SSSR count). The molecule has 1 N–H and O–H groups in total. The Morgan fingerprint density at radius 2 is 2.11 bits per heavy atom. The van der Waals surface area contributed by atoms with Gasteiger partial charge in [-0.15, -0.1) is 10.2 Å². The van der Waals surface area contributed by atoms with Gasteiger partial charge in [0.2, 0.25) is 0 Å². The molecule has 0 aliphatic heterocycles. The summed E-state index contributed by atoms with van der Waals surface area (Å²) in [5.74, 6) is -6.61. The fourth-order valence-electron chi connectivity index (χ4n) is 1.39. The molecule has 0 fully saturated rings. The Kier molecular flexibility index (Phi) is 3.36. The lowest BCUT2D eigenvalue weighted by molar-refractivity contribution is -0.169. The zero-order valence-corrected chi connectivity index (χ0v) is 9.36. The van der Waals surface area contributed by atoms with E-state index in [2.05, 4.69) is 10.2 Å².